The van der Waals surface area contributed by atoms with E-state index in [0.717, 1.165) is 11.8 Å². The van der Waals surface area contributed by atoms with Crippen molar-refractivity contribution in [1.29, 1.82) is 0 Å². The van der Waals surface area contributed by atoms with Gasteiger partial charge in [0.15, 0.2) is 0 Å². The fraction of sp³-hybridized carbons (Fsp3) is 1.00. The predicted molar refractivity (Wildman–Crippen MR) is 56.6 cm³/mol. The molecule has 1 aliphatic carbocycles. The van der Waals surface area contributed by atoms with Crippen LogP contribution in [-0.2, 0) is 0 Å². The molecule has 78 valence electrons. The van der Waals surface area contributed by atoms with Gasteiger partial charge in [-0.05, 0) is 44.4 Å². The second-order valence-electron chi connectivity index (χ2n) is 5.52. The van der Waals surface area contributed by atoms with Crippen LogP contribution < -0.4 is 0 Å². The molecule has 1 aliphatic rings. The third-order valence-corrected chi connectivity index (χ3v) is 3.66. The average Bonchev–Trinajstić information content (AvgIpc) is 2.03. The molecule has 13 heavy (non-hydrogen) atoms. The van der Waals surface area contributed by atoms with Gasteiger partial charge in [-0.15, -0.1) is 0 Å². The van der Waals surface area contributed by atoms with Crippen molar-refractivity contribution in [2.24, 2.45) is 17.8 Å². The number of hydrogen-bond donors (Lipinski definition) is 1. The van der Waals surface area contributed by atoms with Gasteiger partial charge < -0.3 is 5.11 Å². The molecular weight excluding hydrogens is 160 g/mol. The van der Waals surface area contributed by atoms with Crippen molar-refractivity contribution in [3.63, 3.8) is 0 Å². The van der Waals surface area contributed by atoms with E-state index in [4.69, 9.17) is 0 Å². The molecule has 0 radical (unpaired) electrons. The normalized spacial score (nSPS) is 30.9. The Morgan fingerprint density at radius 3 is 2.31 bits per heavy atom. The summed E-state index contributed by atoms with van der Waals surface area (Å²) < 4.78 is 0. The summed E-state index contributed by atoms with van der Waals surface area (Å²) in [4.78, 5) is 0. The smallest absolute Gasteiger partial charge is 0.0619 e. The maximum absolute atomic E-state index is 9.94. The Kier molecular flexibility index (Phi) is 3.39. The first-order chi connectivity index (χ1) is 5.91. The van der Waals surface area contributed by atoms with E-state index in [0.29, 0.717) is 5.92 Å². The van der Waals surface area contributed by atoms with Crippen molar-refractivity contribution in [2.45, 2.75) is 59.0 Å². The highest BCUT2D eigenvalue weighted by Gasteiger charge is 2.32. The zero-order chi connectivity index (χ0) is 10.1. The van der Waals surface area contributed by atoms with Gasteiger partial charge >= 0.3 is 0 Å². The third kappa shape index (κ3) is 2.98. The van der Waals surface area contributed by atoms with E-state index in [2.05, 4.69) is 13.8 Å². The number of hydrogen-bond acceptors (Lipinski definition) is 1. The third-order valence-electron chi connectivity index (χ3n) is 3.66. The lowest BCUT2D eigenvalue weighted by molar-refractivity contribution is -0.0142. The molecule has 0 aromatic rings. The Bertz CT molecular complexity index is 155. The molecule has 1 N–H and O–H groups in total. The lowest BCUT2D eigenvalue weighted by Crippen LogP contribution is -2.35. The van der Waals surface area contributed by atoms with Gasteiger partial charge in [0.05, 0.1) is 5.60 Å². The van der Waals surface area contributed by atoms with E-state index in [1.807, 2.05) is 13.8 Å². The van der Waals surface area contributed by atoms with Crippen molar-refractivity contribution in [2.75, 3.05) is 0 Å². The minimum atomic E-state index is -0.465. The molecule has 1 saturated carbocycles. The quantitative estimate of drug-likeness (QED) is 0.698. The highest BCUT2D eigenvalue weighted by Crippen LogP contribution is 2.38. The van der Waals surface area contributed by atoms with E-state index in [-0.39, 0.29) is 0 Å². The summed E-state index contributed by atoms with van der Waals surface area (Å²) in [7, 11) is 0. The fourth-order valence-electron chi connectivity index (χ4n) is 2.47. The second kappa shape index (κ2) is 4.00. The highest BCUT2D eigenvalue weighted by molar-refractivity contribution is 4.84. The van der Waals surface area contributed by atoms with Gasteiger partial charge in [0.1, 0.15) is 0 Å². The molecule has 1 heteroatoms. The molecule has 0 heterocycles. The maximum Gasteiger partial charge on any atom is 0.0619 e. The monoisotopic (exact) mass is 184 g/mol. The summed E-state index contributed by atoms with van der Waals surface area (Å²) in [6.45, 7) is 8.52. The topological polar surface area (TPSA) is 20.2 Å². The van der Waals surface area contributed by atoms with E-state index >= 15 is 0 Å². The lowest BCUT2D eigenvalue weighted by atomic mass is 9.71. The van der Waals surface area contributed by atoms with E-state index < -0.39 is 5.60 Å². The summed E-state index contributed by atoms with van der Waals surface area (Å²) >= 11 is 0. The Morgan fingerprint density at radius 2 is 1.85 bits per heavy atom. The van der Waals surface area contributed by atoms with Crippen LogP contribution in [0.25, 0.3) is 0 Å². The van der Waals surface area contributed by atoms with Gasteiger partial charge in [-0.1, -0.05) is 26.7 Å². The SMILES string of the molecule is CC(C)[C@H]1CCC[C@H](C(C)(C)O)C1. The zero-order valence-corrected chi connectivity index (χ0v) is 9.51. The summed E-state index contributed by atoms with van der Waals surface area (Å²) in [5.74, 6) is 2.14. The minimum absolute atomic E-state index is 0.465. The molecule has 0 amide bonds. The Labute approximate surface area is 82.5 Å². The summed E-state index contributed by atoms with van der Waals surface area (Å²) in [5, 5.41) is 9.94. The molecule has 0 unspecified atom stereocenters. The van der Waals surface area contributed by atoms with E-state index in [1.165, 1.54) is 25.7 Å². The van der Waals surface area contributed by atoms with Gasteiger partial charge in [-0.25, -0.2) is 0 Å². The molecule has 0 bridgehead atoms. The predicted octanol–water partition coefficient (Wildman–Crippen LogP) is 3.22. The maximum atomic E-state index is 9.94. The van der Waals surface area contributed by atoms with Crippen LogP contribution in [0.1, 0.15) is 53.4 Å². The van der Waals surface area contributed by atoms with Crippen LogP contribution in [0.4, 0.5) is 0 Å². The van der Waals surface area contributed by atoms with Gasteiger partial charge in [-0.2, -0.15) is 0 Å². The molecule has 0 spiro atoms. The van der Waals surface area contributed by atoms with Crippen LogP contribution in [0.3, 0.4) is 0 Å². The Hall–Kier alpha value is -0.0400. The summed E-state index contributed by atoms with van der Waals surface area (Å²) in [6.07, 6.45) is 5.11. The largest absolute Gasteiger partial charge is 0.390 e. The van der Waals surface area contributed by atoms with Crippen molar-refractivity contribution in [1.82, 2.24) is 0 Å². The molecule has 1 nitrogen and oxygen atoms in total. The van der Waals surface area contributed by atoms with Crippen LogP contribution >= 0.6 is 0 Å². The lowest BCUT2D eigenvalue weighted by Gasteiger charge is -2.38. The van der Waals surface area contributed by atoms with Gasteiger partial charge in [0.2, 0.25) is 0 Å². The highest BCUT2D eigenvalue weighted by atomic mass is 16.3. The molecule has 1 rings (SSSR count). The zero-order valence-electron chi connectivity index (χ0n) is 9.51. The molecule has 0 saturated heterocycles. The van der Waals surface area contributed by atoms with Crippen LogP contribution in [-0.4, -0.2) is 10.7 Å². The van der Waals surface area contributed by atoms with E-state index in [1.54, 1.807) is 0 Å². The van der Waals surface area contributed by atoms with Crippen molar-refractivity contribution >= 4 is 0 Å². The first-order valence-electron chi connectivity index (χ1n) is 5.63. The van der Waals surface area contributed by atoms with Gasteiger partial charge in [0.25, 0.3) is 0 Å². The van der Waals surface area contributed by atoms with Crippen LogP contribution in [0.5, 0.6) is 0 Å². The molecule has 2 atom stereocenters. The number of rotatable bonds is 2. The number of aliphatic hydroxyl groups is 1. The van der Waals surface area contributed by atoms with E-state index in [9.17, 15) is 5.11 Å². The van der Waals surface area contributed by atoms with Crippen molar-refractivity contribution < 1.29 is 5.11 Å². The Balaban J connectivity index is 2.52. The first kappa shape index (κ1) is 11.0. The van der Waals surface area contributed by atoms with Crippen LogP contribution in [0.15, 0.2) is 0 Å². The van der Waals surface area contributed by atoms with Crippen molar-refractivity contribution in [3.05, 3.63) is 0 Å². The molecule has 1 fully saturated rings. The van der Waals surface area contributed by atoms with Crippen LogP contribution in [0.2, 0.25) is 0 Å². The van der Waals surface area contributed by atoms with Gasteiger partial charge in [-0.3, -0.25) is 0 Å². The average molecular weight is 184 g/mol. The molecule has 0 aromatic heterocycles. The van der Waals surface area contributed by atoms with Crippen LogP contribution in [0, 0.1) is 17.8 Å². The summed E-state index contributed by atoms with van der Waals surface area (Å²) in [5.41, 5.74) is -0.465. The fourth-order valence-corrected chi connectivity index (χ4v) is 2.47. The first-order valence-corrected chi connectivity index (χ1v) is 5.63. The molecular formula is C12H24O. The Morgan fingerprint density at radius 1 is 1.23 bits per heavy atom. The standard InChI is InChI=1S/C12H24O/c1-9(2)10-6-5-7-11(8-10)12(3,4)13/h9-11,13H,5-8H2,1-4H3/t10-,11-/m0/s1. The van der Waals surface area contributed by atoms with Gasteiger partial charge in [0, 0.05) is 0 Å². The summed E-state index contributed by atoms with van der Waals surface area (Å²) in [6, 6.07) is 0. The van der Waals surface area contributed by atoms with Crippen molar-refractivity contribution in [3.8, 4) is 0 Å². The molecule has 0 aliphatic heterocycles. The second-order valence-corrected chi connectivity index (χ2v) is 5.52. The minimum Gasteiger partial charge on any atom is -0.390 e. The molecule has 0 aromatic carbocycles.